The molecule has 3 aromatic carbocycles. The first-order valence-corrected chi connectivity index (χ1v) is 15.0. The van der Waals surface area contributed by atoms with Gasteiger partial charge >= 0.3 is 6.09 Å². The SMILES string of the molecule is O=C1Nc2ccc(F)cc2C2(CCN(CCCC(C(=O)N3CCc4ccc(F)cc4C3)c3ccc(Cl)c(Cl)c3)CC2)O1. The van der Waals surface area contributed by atoms with E-state index in [4.69, 9.17) is 27.9 Å². The summed E-state index contributed by atoms with van der Waals surface area (Å²) in [5.41, 5.74) is 3.13. The summed E-state index contributed by atoms with van der Waals surface area (Å²) >= 11 is 12.5. The molecular formula is C32H31Cl2F2N3O3. The van der Waals surface area contributed by atoms with E-state index in [1.54, 1.807) is 24.3 Å². The number of fused-ring (bicyclic) bond motifs is 3. The van der Waals surface area contributed by atoms with E-state index in [9.17, 15) is 18.4 Å². The zero-order valence-electron chi connectivity index (χ0n) is 23.0. The second-order valence-electron chi connectivity index (χ2n) is 11.3. The van der Waals surface area contributed by atoms with Crippen LogP contribution in [0.1, 0.15) is 53.9 Å². The number of anilines is 1. The molecule has 3 aliphatic heterocycles. The summed E-state index contributed by atoms with van der Waals surface area (Å²) in [7, 11) is 0. The molecule has 0 radical (unpaired) electrons. The van der Waals surface area contributed by atoms with Crippen LogP contribution in [0.15, 0.2) is 54.6 Å². The Morgan fingerprint density at radius 2 is 1.71 bits per heavy atom. The van der Waals surface area contributed by atoms with E-state index in [1.807, 2.05) is 11.0 Å². The molecule has 220 valence electrons. The maximum absolute atomic E-state index is 14.1. The predicted molar refractivity (Wildman–Crippen MR) is 158 cm³/mol. The molecule has 1 fully saturated rings. The second-order valence-corrected chi connectivity index (χ2v) is 12.1. The lowest BCUT2D eigenvalue weighted by Gasteiger charge is -2.44. The topological polar surface area (TPSA) is 61.9 Å². The summed E-state index contributed by atoms with van der Waals surface area (Å²) in [4.78, 5) is 30.3. The van der Waals surface area contributed by atoms with Gasteiger partial charge in [0, 0.05) is 44.6 Å². The number of hydrogen-bond donors (Lipinski definition) is 1. The van der Waals surface area contributed by atoms with Crippen molar-refractivity contribution in [2.75, 3.05) is 31.5 Å². The van der Waals surface area contributed by atoms with Gasteiger partial charge in [-0.1, -0.05) is 35.3 Å². The number of likely N-dealkylation sites (tertiary alicyclic amines) is 1. The third-order valence-electron chi connectivity index (χ3n) is 8.76. The number of nitrogens with one attached hydrogen (secondary N) is 1. The zero-order chi connectivity index (χ0) is 29.4. The summed E-state index contributed by atoms with van der Waals surface area (Å²) in [6.07, 6.45) is 2.60. The minimum Gasteiger partial charge on any atom is -0.438 e. The predicted octanol–water partition coefficient (Wildman–Crippen LogP) is 7.27. The van der Waals surface area contributed by atoms with Crippen LogP contribution in [-0.4, -0.2) is 48.0 Å². The Hall–Kier alpha value is -3.20. The molecule has 1 unspecified atom stereocenters. The van der Waals surface area contributed by atoms with E-state index < -0.39 is 17.6 Å². The maximum Gasteiger partial charge on any atom is 0.412 e. The van der Waals surface area contributed by atoms with Crippen LogP contribution in [0, 0.1) is 11.6 Å². The second kappa shape index (κ2) is 11.8. The monoisotopic (exact) mass is 613 g/mol. The highest BCUT2D eigenvalue weighted by Crippen LogP contribution is 2.44. The van der Waals surface area contributed by atoms with Crippen LogP contribution < -0.4 is 5.32 Å². The molecule has 6 nitrogen and oxygen atoms in total. The normalized spacial score (nSPS) is 18.6. The minimum absolute atomic E-state index is 0.0128. The van der Waals surface area contributed by atoms with E-state index >= 15 is 0 Å². The average molecular weight is 615 g/mol. The van der Waals surface area contributed by atoms with Crippen LogP contribution in [0.2, 0.25) is 10.0 Å². The average Bonchev–Trinajstić information content (AvgIpc) is 2.97. The lowest BCUT2D eigenvalue weighted by atomic mass is 9.82. The molecule has 2 amide bonds. The molecule has 1 N–H and O–H groups in total. The van der Waals surface area contributed by atoms with Gasteiger partial charge in [-0.3, -0.25) is 10.1 Å². The molecule has 3 aliphatic rings. The highest BCUT2D eigenvalue weighted by molar-refractivity contribution is 6.42. The van der Waals surface area contributed by atoms with Gasteiger partial charge in [-0.05, 0) is 85.0 Å². The number of ether oxygens (including phenoxy) is 1. The Kier molecular flexibility index (Phi) is 8.13. The van der Waals surface area contributed by atoms with Crippen LogP contribution in [0.4, 0.5) is 19.3 Å². The summed E-state index contributed by atoms with van der Waals surface area (Å²) < 4.78 is 33.8. The van der Waals surface area contributed by atoms with Crippen LogP contribution in [0.25, 0.3) is 0 Å². The van der Waals surface area contributed by atoms with Gasteiger partial charge in [0.05, 0.1) is 21.7 Å². The Morgan fingerprint density at radius 3 is 2.50 bits per heavy atom. The van der Waals surface area contributed by atoms with Crippen molar-refractivity contribution in [2.45, 2.75) is 50.2 Å². The molecule has 1 saturated heterocycles. The zero-order valence-corrected chi connectivity index (χ0v) is 24.5. The van der Waals surface area contributed by atoms with E-state index in [-0.39, 0.29) is 17.5 Å². The largest absolute Gasteiger partial charge is 0.438 e. The van der Waals surface area contributed by atoms with E-state index in [0.29, 0.717) is 73.2 Å². The summed E-state index contributed by atoms with van der Waals surface area (Å²) in [5, 5.41) is 3.49. The molecule has 1 atom stereocenters. The van der Waals surface area contributed by atoms with Crippen molar-refractivity contribution in [1.82, 2.24) is 9.80 Å². The molecule has 0 bridgehead atoms. The van der Waals surface area contributed by atoms with Crippen molar-refractivity contribution in [3.05, 3.63) is 98.5 Å². The Bertz CT molecular complexity index is 1530. The van der Waals surface area contributed by atoms with Gasteiger partial charge in [0.2, 0.25) is 5.91 Å². The molecule has 3 aromatic rings. The third-order valence-corrected chi connectivity index (χ3v) is 9.50. The number of nitrogens with zero attached hydrogens (tertiary/aromatic N) is 2. The molecule has 42 heavy (non-hydrogen) atoms. The van der Waals surface area contributed by atoms with Crippen molar-refractivity contribution in [2.24, 2.45) is 0 Å². The number of hydrogen-bond acceptors (Lipinski definition) is 4. The van der Waals surface area contributed by atoms with Crippen LogP contribution >= 0.6 is 23.2 Å². The number of benzene rings is 3. The van der Waals surface area contributed by atoms with Gasteiger partial charge in [0.25, 0.3) is 0 Å². The van der Waals surface area contributed by atoms with Crippen molar-refractivity contribution < 1.29 is 23.1 Å². The lowest BCUT2D eigenvalue weighted by molar-refractivity contribution is -0.134. The Balaban J connectivity index is 1.13. The van der Waals surface area contributed by atoms with Gasteiger partial charge in [-0.15, -0.1) is 0 Å². The highest BCUT2D eigenvalue weighted by Gasteiger charge is 2.44. The maximum atomic E-state index is 14.1. The molecule has 10 heteroatoms. The molecule has 0 aromatic heterocycles. The van der Waals surface area contributed by atoms with Gasteiger partial charge in [-0.25, -0.2) is 13.6 Å². The first kappa shape index (κ1) is 28.9. The first-order valence-electron chi connectivity index (χ1n) is 14.2. The third kappa shape index (κ3) is 5.85. The smallest absolute Gasteiger partial charge is 0.412 e. The van der Waals surface area contributed by atoms with Crippen LogP contribution in [0.3, 0.4) is 0 Å². The Morgan fingerprint density at radius 1 is 0.952 bits per heavy atom. The number of carbonyl (C=O) groups is 2. The lowest BCUT2D eigenvalue weighted by Crippen LogP contribution is -2.48. The highest BCUT2D eigenvalue weighted by atomic mass is 35.5. The number of piperidine rings is 1. The van der Waals surface area contributed by atoms with Crippen LogP contribution in [0.5, 0.6) is 0 Å². The molecule has 6 rings (SSSR count). The van der Waals surface area contributed by atoms with Gasteiger partial charge in [-0.2, -0.15) is 0 Å². The standard InChI is InChI=1S/C32H31Cl2F2N3O3/c33-27-7-4-21(17-28(27)34)25(30(40)39-13-9-20-3-5-23(35)16-22(20)19-39)2-1-12-38-14-10-32(11-15-38)26-18-24(36)6-8-29(26)37-31(41)42-32/h3-8,16-18,25H,1-2,9-15,19H2,(H,37,41). The summed E-state index contributed by atoms with van der Waals surface area (Å²) in [5.74, 6) is -1.11. The molecular weight excluding hydrogens is 583 g/mol. The summed E-state index contributed by atoms with van der Waals surface area (Å²) in [6.45, 7) is 3.02. The first-order chi connectivity index (χ1) is 20.2. The van der Waals surface area contributed by atoms with Crippen molar-refractivity contribution in [3.63, 3.8) is 0 Å². The molecule has 3 heterocycles. The van der Waals surface area contributed by atoms with Crippen molar-refractivity contribution >= 4 is 40.9 Å². The Labute approximate surface area is 253 Å². The fourth-order valence-electron chi connectivity index (χ4n) is 6.49. The summed E-state index contributed by atoms with van der Waals surface area (Å²) in [6, 6.07) is 14.5. The van der Waals surface area contributed by atoms with E-state index in [1.165, 1.54) is 24.3 Å². The van der Waals surface area contributed by atoms with E-state index in [0.717, 1.165) is 29.7 Å². The number of halogens is 4. The van der Waals surface area contributed by atoms with E-state index in [2.05, 4.69) is 10.2 Å². The molecule has 0 aliphatic carbocycles. The number of rotatable bonds is 6. The van der Waals surface area contributed by atoms with Crippen molar-refractivity contribution in [1.29, 1.82) is 0 Å². The fourth-order valence-corrected chi connectivity index (χ4v) is 6.80. The van der Waals surface area contributed by atoms with Crippen LogP contribution in [-0.2, 0) is 28.1 Å². The van der Waals surface area contributed by atoms with Crippen molar-refractivity contribution in [3.8, 4) is 0 Å². The molecule has 1 spiro atoms. The number of amides is 2. The quantitative estimate of drug-likeness (QED) is 0.317. The van der Waals surface area contributed by atoms with Gasteiger partial charge in [0.1, 0.15) is 17.2 Å². The van der Waals surface area contributed by atoms with Gasteiger partial charge in [0.15, 0.2) is 0 Å². The fraction of sp³-hybridized carbons (Fsp3) is 0.375. The van der Waals surface area contributed by atoms with Gasteiger partial charge < -0.3 is 14.5 Å². The minimum atomic E-state index is -0.848. The number of carbonyl (C=O) groups excluding carboxylic acids is 2. The molecule has 0 saturated carbocycles.